The summed E-state index contributed by atoms with van der Waals surface area (Å²) in [5.74, 6) is 0. The van der Waals surface area contributed by atoms with Gasteiger partial charge in [-0.15, -0.1) is 0 Å². The van der Waals surface area contributed by atoms with E-state index >= 15 is 0 Å². The predicted molar refractivity (Wildman–Crippen MR) is 36.3 cm³/mol. The lowest BCUT2D eigenvalue weighted by Crippen LogP contribution is -1.81. The number of aromatic nitrogens is 1. The van der Waals surface area contributed by atoms with Gasteiger partial charge >= 0.3 is 0 Å². The number of hydrogen-bond acceptors (Lipinski definition) is 1. The number of pyridine rings is 1. The van der Waals surface area contributed by atoms with Crippen molar-refractivity contribution in [1.82, 2.24) is 4.98 Å². The molecule has 1 aromatic rings. The lowest BCUT2D eigenvalue weighted by Gasteiger charge is -1.91. The molecule has 1 aromatic heterocycles. The summed E-state index contributed by atoms with van der Waals surface area (Å²) < 4.78 is 0.857. The number of nitrogens with zero attached hydrogens (tertiary/aromatic N) is 1. The summed E-state index contributed by atoms with van der Waals surface area (Å²) in [6.45, 7) is -0.202. The number of rotatable bonds is 1. The van der Waals surface area contributed by atoms with Crippen LogP contribution in [-0.2, 0) is 11.7 Å². The predicted octanol–water partition coefficient (Wildman–Crippen LogP) is 1.77. The van der Waals surface area contributed by atoms with Gasteiger partial charge in [0.1, 0.15) is 6.61 Å². The minimum Gasteiger partial charge on any atom is -0.263 e. The second kappa shape index (κ2) is 2.94. The highest BCUT2D eigenvalue weighted by atomic mass is 79.9. The van der Waals surface area contributed by atoms with Crippen LogP contribution in [0.25, 0.3) is 0 Å². The summed E-state index contributed by atoms with van der Waals surface area (Å²) in [4.78, 5) is 3.81. The smallest absolute Gasteiger partial charge is 0.109 e. The molecular formula is C6H5BrNO. The molecule has 0 spiro atoms. The van der Waals surface area contributed by atoms with Gasteiger partial charge in [0.05, 0.1) is 0 Å². The molecule has 0 N–H and O–H groups in total. The van der Waals surface area contributed by atoms with Crippen molar-refractivity contribution in [3.05, 3.63) is 28.5 Å². The van der Waals surface area contributed by atoms with E-state index in [0.29, 0.717) is 5.56 Å². The molecule has 0 saturated heterocycles. The Morgan fingerprint density at radius 1 is 1.56 bits per heavy atom. The molecule has 3 heteroatoms. The van der Waals surface area contributed by atoms with Gasteiger partial charge in [-0.2, -0.15) is 0 Å². The number of halogens is 1. The van der Waals surface area contributed by atoms with Crippen LogP contribution in [0.1, 0.15) is 5.56 Å². The highest BCUT2D eigenvalue weighted by Crippen LogP contribution is 2.08. The van der Waals surface area contributed by atoms with Gasteiger partial charge in [-0.05, 0) is 22.0 Å². The van der Waals surface area contributed by atoms with Gasteiger partial charge in [0.2, 0.25) is 0 Å². The Balaban J connectivity index is 2.94. The van der Waals surface area contributed by atoms with Gasteiger partial charge in [0, 0.05) is 22.4 Å². The van der Waals surface area contributed by atoms with Crippen LogP contribution in [0.5, 0.6) is 0 Å². The van der Waals surface area contributed by atoms with Crippen molar-refractivity contribution >= 4 is 15.9 Å². The maximum Gasteiger partial charge on any atom is 0.109 e. The molecule has 1 radical (unpaired) electrons. The second-order valence-corrected chi connectivity index (χ2v) is 2.57. The summed E-state index contributed by atoms with van der Waals surface area (Å²) in [5.41, 5.74) is 0.712. The number of hydrogen-bond donors (Lipinski definition) is 0. The Morgan fingerprint density at radius 2 is 2.33 bits per heavy atom. The Morgan fingerprint density at radius 3 is 2.78 bits per heavy atom. The summed E-state index contributed by atoms with van der Waals surface area (Å²) in [6, 6.07) is 1.76. The second-order valence-electron chi connectivity index (χ2n) is 1.66. The Labute approximate surface area is 61.7 Å². The molecule has 47 valence electrons. The zero-order chi connectivity index (χ0) is 6.69. The van der Waals surface area contributed by atoms with Crippen LogP contribution in [0.3, 0.4) is 0 Å². The first kappa shape index (κ1) is 6.71. The summed E-state index contributed by atoms with van der Waals surface area (Å²) >= 11 is 3.20. The van der Waals surface area contributed by atoms with Crippen molar-refractivity contribution in [3.8, 4) is 0 Å². The first-order valence-electron chi connectivity index (χ1n) is 2.50. The zero-order valence-electron chi connectivity index (χ0n) is 4.67. The van der Waals surface area contributed by atoms with Gasteiger partial charge in [0.15, 0.2) is 0 Å². The minimum atomic E-state index is -0.202. The molecule has 9 heavy (non-hydrogen) atoms. The standard InChI is InChI=1S/C6H5BrNO/c7-6-1-5(4-9)2-8-3-6/h1-3H,4H2. The molecule has 0 saturated carbocycles. The van der Waals surface area contributed by atoms with Crippen LogP contribution in [0.4, 0.5) is 0 Å². The van der Waals surface area contributed by atoms with Crippen LogP contribution in [0, 0.1) is 0 Å². The molecule has 0 fully saturated rings. The first-order valence-corrected chi connectivity index (χ1v) is 3.30. The van der Waals surface area contributed by atoms with Gasteiger partial charge in [-0.1, -0.05) is 0 Å². The molecule has 0 unspecified atom stereocenters. The molecule has 0 aliphatic carbocycles. The van der Waals surface area contributed by atoms with Crippen LogP contribution < -0.4 is 0 Å². The van der Waals surface area contributed by atoms with E-state index < -0.39 is 0 Å². The van der Waals surface area contributed by atoms with E-state index in [-0.39, 0.29) is 6.61 Å². The van der Waals surface area contributed by atoms with Crippen molar-refractivity contribution in [2.24, 2.45) is 0 Å². The monoisotopic (exact) mass is 186 g/mol. The molecule has 0 aromatic carbocycles. The van der Waals surface area contributed by atoms with Gasteiger partial charge < -0.3 is 0 Å². The molecule has 0 atom stereocenters. The fraction of sp³-hybridized carbons (Fsp3) is 0.167. The average Bonchev–Trinajstić information content (AvgIpc) is 1.88. The third kappa shape index (κ3) is 1.77. The van der Waals surface area contributed by atoms with E-state index in [1.165, 1.54) is 0 Å². The maximum absolute atomic E-state index is 10.2. The SMILES string of the molecule is [O]Cc1cncc(Br)c1. The lowest BCUT2D eigenvalue weighted by atomic mass is 10.3. The Kier molecular flexibility index (Phi) is 2.19. The quantitative estimate of drug-likeness (QED) is 0.659. The van der Waals surface area contributed by atoms with E-state index in [9.17, 15) is 5.11 Å². The fourth-order valence-electron chi connectivity index (χ4n) is 0.535. The lowest BCUT2D eigenvalue weighted by molar-refractivity contribution is 0.177. The van der Waals surface area contributed by atoms with Crippen molar-refractivity contribution < 1.29 is 5.11 Å². The first-order chi connectivity index (χ1) is 4.33. The normalized spacial score (nSPS) is 9.56. The molecule has 0 bridgehead atoms. The topological polar surface area (TPSA) is 32.8 Å². The van der Waals surface area contributed by atoms with Crippen molar-refractivity contribution in [2.45, 2.75) is 6.61 Å². The van der Waals surface area contributed by atoms with E-state index in [4.69, 9.17) is 0 Å². The van der Waals surface area contributed by atoms with Crippen molar-refractivity contribution in [3.63, 3.8) is 0 Å². The van der Waals surface area contributed by atoms with Crippen LogP contribution in [0.2, 0.25) is 0 Å². The third-order valence-corrected chi connectivity index (χ3v) is 1.36. The molecule has 0 aliphatic heterocycles. The van der Waals surface area contributed by atoms with E-state index in [0.717, 1.165) is 4.47 Å². The molecule has 0 aliphatic rings. The Bertz CT molecular complexity index is 202. The van der Waals surface area contributed by atoms with E-state index in [2.05, 4.69) is 20.9 Å². The van der Waals surface area contributed by atoms with Crippen molar-refractivity contribution in [2.75, 3.05) is 0 Å². The molecule has 2 nitrogen and oxygen atoms in total. The summed E-state index contributed by atoms with van der Waals surface area (Å²) in [5, 5.41) is 10.2. The van der Waals surface area contributed by atoms with Gasteiger partial charge in [-0.3, -0.25) is 4.98 Å². The molecular weight excluding hydrogens is 182 g/mol. The van der Waals surface area contributed by atoms with Crippen molar-refractivity contribution in [1.29, 1.82) is 0 Å². The minimum absolute atomic E-state index is 0.202. The molecule has 0 amide bonds. The van der Waals surface area contributed by atoms with Crippen LogP contribution in [-0.4, -0.2) is 4.98 Å². The van der Waals surface area contributed by atoms with E-state index in [1.807, 2.05) is 0 Å². The van der Waals surface area contributed by atoms with Crippen LogP contribution >= 0.6 is 15.9 Å². The van der Waals surface area contributed by atoms with Gasteiger partial charge in [0.25, 0.3) is 0 Å². The maximum atomic E-state index is 10.2. The summed E-state index contributed by atoms with van der Waals surface area (Å²) in [6.07, 6.45) is 3.22. The van der Waals surface area contributed by atoms with Crippen LogP contribution in [0.15, 0.2) is 22.9 Å². The molecule has 1 heterocycles. The third-order valence-electron chi connectivity index (χ3n) is 0.928. The molecule has 1 rings (SSSR count). The fourth-order valence-corrected chi connectivity index (χ4v) is 0.947. The highest BCUT2D eigenvalue weighted by Gasteiger charge is 1.90. The Hall–Kier alpha value is -0.410. The highest BCUT2D eigenvalue weighted by molar-refractivity contribution is 9.10. The average molecular weight is 187 g/mol. The largest absolute Gasteiger partial charge is 0.263 e. The zero-order valence-corrected chi connectivity index (χ0v) is 6.26. The van der Waals surface area contributed by atoms with E-state index in [1.54, 1.807) is 18.5 Å². The summed E-state index contributed by atoms with van der Waals surface area (Å²) in [7, 11) is 0. The van der Waals surface area contributed by atoms with Gasteiger partial charge in [-0.25, -0.2) is 5.11 Å².